The Morgan fingerprint density at radius 2 is 1.96 bits per heavy atom. The third-order valence-electron chi connectivity index (χ3n) is 5.22. The van der Waals surface area contributed by atoms with E-state index >= 15 is 0 Å². The maximum absolute atomic E-state index is 5.47. The third kappa shape index (κ3) is 2.85. The first kappa shape index (κ1) is 16.0. The number of rotatable bonds is 4. The molecule has 2 aromatic heterocycles. The van der Waals surface area contributed by atoms with Gasteiger partial charge in [0, 0.05) is 23.9 Å². The normalized spacial score (nSPS) is 14.9. The van der Waals surface area contributed by atoms with Crippen molar-refractivity contribution < 1.29 is 4.52 Å². The molecule has 0 saturated heterocycles. The molecule has 4 aromatic rings. The summed E-state index contributed by atoms with van der Waals surface area (Å²) in [5, 5.41) is 16.0. The largest absolute Gasteiger partial charge is 0.388 e. The summed E-state index contributed by atoms with van der Waals surface area (Å²) in [4.78, 5) is 4.56. The Kier molecular flexibility index (Phi) is 3.85. The molecule has 0 unspecified atom stereocenters. The summed E-state index contributed by atoms with van der Waals surface area (Å²) in [5.74, 6) is 1.05. The van der Waals surface area contributed by atoms with Gasteiger partial charge in [-0.15, -0.1) is 5.10 Å². The van der Waals surface area contributed by atoms with Crippen molar-refractivity contribution in [2.75, 3.05) is 12.4 Å². The van der Waals surface area contributed by atoms with Gasteiger partial charge in [-0.25, -0.2) is 4.68 Å². The molecular weight excluding hydrogens is 340 g/mol. The highest BCUT2D eigenvalue weighted by molar-refractivity contribution is 5.80. The van der Waals surface area contributed by atoms with Crippen molar-refractivity contribution in [1.82, 2.24) is 25.1 Å². The van der Waals surface area contributed by atoms with Gasteiger partial charge >= 0.3 is 0 Å². The quantitative estimate of drug-likeness (QED) is 0.584. The smallest absolute Gasteiger partial charge is 0.258 e. The zero-order chi connectivity index (χ0) is 18.2. The van der Waals surface area contributed by atoms with Crippen molar-refractivity contribution in [1.29, 1.82) is 0 Å². The van der Waals surface area contributed by atoms with Gasteiger partial charge in [-0.3, -0.25) is 0 Å². The first-order valence-electron chi connectivity index (χ1n) is 9.29. The Morgan fingerprint density at radius 3 is 2.81 bits per heavy atom. The van der Waals surface area contributed by atoms with E-state index in [0.29, 0.717) is 17.8 Å². The second-order valence-corrected chi connectivity index (χ2v) is 6.93. The van der Waals surface area contributed by atoms with E-state index in [9.17, 15) is 0 Å². The van der Waals surface area contributed by atoms with Gasteiger partial charge in [0.1, 0.15) is 5.52 Å². The van der Waals surface area contributed by atoms with Crippen LogP contribution in [-0.4, -0.2) is 32.2 Å². The summed E-state index contributed by atoms with van der Waals surface area (Å²) in [7, 11) is 1.88. The highest BCUT2D eigenvalue weighted by Crippen LogP contribution is 2.32. The van der Waals surface area contributed by atoms with Crippen molar-refractivity contribution in [3.05, 3.63) is 42.5 Å². The Labute approximate surface area is 156 Å². The average molecular weight is 360 g/mol. The lowest BCUT2D eigenvalue weighted by atomic mass is 10.1. The molecule has 0 radical (unpaired) electrons. The molecule has 0 atom stereocenters. The summed E-state index contributed by atoms with van der Waals surface area (Å²) in [5.41, 5.74) is 4.69. The maximum atomic E-state index is 5.47. The molecule has 1 aliphatic rings. The van der Waals surface area contributed by atoms with Gasteiger partial charge in [0.2, 0.25) is 5.82 Å². The Bertz CT molecular complexity index is 1090. The maximum Gasteiger partial charge on any atom is 0.258 e. The van der Waals surface area contributed by atoms with Crippen LogP contribution in [0.4, 0.5) is 5.69 Å². The Hall–Kier alpha value is -3.22. The second-order valence-electron chi connectivity index (χ2n) is 6.93. The molecule has 1 saturated carbocycles. The van der Waals surface area contributed by atoms with Crippen LogP contribution >= 0.6 is 0 Å². The molecule has 0 aliphatic heterocycles. The van der Waals surface area contributed by atoms with Crippen LogP contribution < -0.4 is 5.32 Å². The van der Waals surface area contributed by atoms with Crippen molar-refractivity contribution in [2.45, 2.75) is 31.7 Å². The van der Waals surface area contributed by atoms with E-state index in [1.54, 1.807) is 0 Å². The number of anilines is 1. The van der Waals surface area contributed by atoms with E-state index < -0.39 is 0 Å². The minimum absolute atomic E-state index is 0.470. The van der Waals surface area contributed by atoms with E-state index in [1.165, 1.54) is 25.7 Å². The van der Waals surface area contributed by atoms with Crippen LogP contribution in [0.2, 0.25) is 0 Å². The van der Waals surface area contributed by atoms with Crippen LogP contribution in [0.1, 0.15) is 31.7 Å². The highest BCUT2D eigenvalue weighted by atomic mass is 16.5. The van der Waals surface area contributed by atoms with E-state index in [1.807, 2.05) is 43.4 Å². The van der Waals surface area contributed by atoms with Crippen molar-refractivity contribution in [2.24, 2.45) is 0 Å². The number of nitrogens with zero attached hydrogens (tertiary/aromatic N) is 5. The molecule has 136 valence electrons. The summed E-state index contributed by atoms with van der Waals surface area (Å²) < 4.78 is 7.54. The number of nitrogens with one attached hydrogen (secondary N) is 1. The van der Waals surface area contributed by atoms with Crippen LogP contribution in [0.25, 0.3) is 33.9 Å². The number of fused-ring (bicyclic) bond motifs is 1. The molecule has 0 bridgehead atoms. The van der Waals surface area contributed by atoms with Gasteiger partial charge in [0.25, 0.3) is 5.89 Å². The predicted molar refractivity (Wildman–Crippen MR) is 103 cm³/mol. The van der Waals surface area contributed by atoms with E-state index in [-0.39, 0.29) is 0 Å². The molecular formula is C20H20N6O. The summed E-state index contributed by atoms with van der Waals surface area (Å²) in [6.45, 7) is 0. The topological polar surface area (TPSA) is 81.7 Å². The van der Waals surface area contributed by atoms with Crippen molar-refractivity contribution in [3.8, 4) is 22.8 Å². The van der Waals surface area contributed by atoms with Gasteiger partial charge in [-0.1, -0.05) is 29.3 Å². The van der Waals surface area contributed by atoms with Gasteiger partial charge in [0.05, 0.1) is 11.6 Å². The van der Waals surface area contributed by atoms with Crippen LogP contribution in [0.3, 0.4) is 0 Å². The minimum Gasteiger partial charge on any atom is -0.388 e. The first-order valence-corrected chi connectivity index (χ1v) is 9.29. The number of hydrogen-bond acceptors (Lipinski definition) is 6. The zero-order valence-electron chi connectivity index (χ0n) is 15.1. The zero-order valence-corrected chi connectivity index (χ0v) is 15.1. The van der Waals surface area contributed by atoms with Crippen LogP contribution in [0.5, 0.6) is 0 Å². The molecule has 7 nitrogen and oxygen atoms in total. The minimum atomic E-state index is 0.470. The van der Waals surface area contributed by atoms with Gasteiger partial charge in [-0.05, 0) is 49.2 Å². The molecule has 2 heterocycles. The van der Waals surface area contributed by atoms with E-state index in [4.69, 9.17) is 4.52 Å². The fourth-order valence-electron chi connectivity index (χ4n) is 3.77. The molecule has 0 spiro atoms. The molecule has 27 heavy (non-hydrogen) atoms. The molecule has 1 fully saturated rings. The molecule has 1 aliphatic carbocycles. The number of benzene rings is 2. The highest BCUT2D eigenvalue weighted by Gasteiger charge is 2.20. The fraction of sp³-hybridized carbons (Fsp3) is 0.300. The Balaban J connectivity index is 1.48. The monoisotopic (exact) mass is 360 g/mol. The number of hydrogen-bond donors (Lipinski definition) is 1. The van der Waals surface area contributed by atoms with E-state index in [0.717, 1.165) is 27.8 Å². The van der Waals surface area contributed by atoms with Crippen molar-refractivity contribution in [3.63, 3.8) is 0 Å². The molecule has 0 amide bonds. The second kappa shape index (κ2) is 6.50. The fourth-order valence-corrected chi connectivity index (χ4v) is 3.77. The van der Waals surface area contributed by atoms with Crippen LogP contribution in [0.15, 0.2) is 47.0 Å². The molecule has 2 aromatic carbocycles. The first-order chi connectivity index (χ1) is 13.3. The van der Waals surface area contributed by atoms with Crippen LogP contribution in [-0.2, 0) is 0 Å². The lowest BCUT2D eigenvalue weighted by molar-refractivity contribution is 0.432. The lowest BCUT2D eigenvalue weighted by Gasteiger charge is -2.09. The van der Waals surface area contributed by atoms with Gasteiger partial charge in [0.15, 0.2) is 0 Å². The molecule has 5 rings (SSSR count). The molecule has 1 N–H and O–H groups in total. The van der Waals surface area contributed by atoms with Crippen LogP contribution in [0, 0.1) is 0 Å². The lowest BCUT2D eigenvalue weighted by Crippen LogP contribution is -2.06. The third-order valence-corrected chi connectivity index (χ3v) is 5.22. The van der Waals surface area contributed by atoms with Crippen molar-refractivity contribution >= 4 is 16.7 Å². The summed E-state index contributed by atoms with van der Waals surface area (Å²) in [6, 6.07) is 14.4. The van der Waals surface area contributed by atoms with E-state index in [2.05, 4.69) is 36.5 Å². The average Bonchev–Trinajstić information content (AvgIpc) is 3.47. The Morgan fingerprint density at radius 1 is 1.07 bits per heavy atom. The SMILES string of the molecule is CNc1cccc(-c2nc(-c3ccc4c(c3)nnn4C3CCCC3)no2)c1. The number of aromatic nitrogens is 5. The summed E-state index contributed by atoms with van der Waals surface area (Å²) >= 11 is 0. The van der Waals surface area contributed by atoms with Gasteiger partial charge < -0.3 is 9.84 Å². The summed E-state index contributed by atoms with van der Waals surface area (Å²) in [6.07, 6.45) is 4.90. The standard InChI is InChI=1S/C20H20N6O/c1-21-15-6-4-5-14(11-15)20-22-19(24-27-20)13-9-10-18-17(12-13)23-25-26(18)16-7-2-3-8-16/h4-6,9-12,16,21H,2-3,7-8H2,1H3. The molecule has 7 heteroatoms. The van der Waals surface area contributed by atoms with Gasteiger partial charge in [-0.2, -0.15) is 4.98 Å². The predicted octanol–water partition coefficient (Wildman–Crippen LogP) is 4.31.